The molecule has 3 aromatic rings. The molecule has 31 heavy (non-hydrogen) atoms. The first-order valence-electron chi connectivity index (χ1n) is 10.7. The van der Waals surface area contributed by atoms with E-state index in [0.29, 0.717) is 23.8 Å². The Hall–Kier alpha value is -2.71. The van der Waals surface area contributed by atoms with Crippen LogP contribution in [0.15, 0.2) is 24.3 Å². The van der Waals surface area contributed by atoms with Crippen molar-refractivity contribution in [3.8, 4) is 5.75 Å². The van der Waals surface area contributed by atoms with E-state index in [2.05, 4.69) is 10.2 Å². The van der Waals surface area contributed by atoms with Crippen LogP contribution in [0, 0.1) is 6.92 Å². The van der Waals surface area contributed by atoms with Crippen molar-refractivity contribution >= 4 is 39.0 Å². The van der Waals surface area contributed by atoms with E-state index in [1.165, 1.54) is 30.6 Å². The van der Waals surface area contributed by atoms with Gasteiger partial charge in [0.2, 0.25) is 0 Å². The summed E-state index contributed by atoms with van der Waals surface area (Å²) in [6, 6.07) is 7.72. The normalized spacial score (nSPS) is 14.5. The number of methoxy groups -OCH3 is 1. The van der Waals surface area contributed by atoms with E-state index in [1.54, 1.807) is 7.11 Å². The number of rotatable bonds is 7. The number of ether oxygens (including phenoxy) is 2. The van der Waals surface area contributed by atoms with Gasteiger partial charge in [0.05, 0.1) is 25.6 Å². The van der Waals surface area contributed by atoms with E-state index in [9.17, 15) is 4.79 Å². The number of piperidine rings is 1. The first kappa shape index (κ1) is 21.5. The lowest BCUT2D eigenvalue weighted by Crippen LogP contribution is -2.29. The predicted molar refractivity (Wildman–Crippen MR) is 124 cm³/mol. The average Bonchev–Trinajstić information content (AvgIpc) is 3.11. The summed E-state index contributed by atoms with van der Waals surface area (Å²) >= 11 is 1.37. The van der Waals surface area contributed by atoms with Crippen molar-refractivity contribution in [2.24, 2.45) is 0 Å². The van der Waals surface area contributed by atoms with Gasteiger partial charge in [0.1, 0.15) is 27.1 Å². The number of aromatic nitrogens is 2. The molecule has 1 N–H and O–H groups in total. The maximum absolute atomic E-state index is 12.5. The van der Waals surface area contributed by atoms with E-state index in [4.69, 9.17) is 19.4 Å². The second-order valence-electron chi connectivity index (χ2n) is 7.64. The zero-order valence-corrected chi connectivity index (χ0v) is 19.1. The smallest absolute Gasteiger partial charge is 0.348 e. The molecule has 0 saturated carbocycles. The highest BCUT2D eigenvalue weighted by molar-refractivity contribution is 7.20. The van der Waals surface area contributed by atoms with Crippen molar-refractivity contribution < 1.29 is 14.3 Å². The van der Waals surface area contributed by atoms with E-state index < -0.39 is 0 Å². The minimum Gasteiger partial charge on any atom is -0.497 e. The molecule has 1 aromatic carbocycles. The average molecular weight is 441 g/mol. The molecule has 0 aliphatic carbocycles. The minimum atomic E-state index is -0.312. The number of thiophene rings is 1. The Morgan fingerprint density at radius 1 is 1.23 bits per heavy atom. The summed E-state index contributed by atoms with van der Waals surface area (Å²) in [7, 11) is 1.65. The van der Waals surface area contributed by atoms with Crippen LogP contribution in [0.5, 0.6) is 5.75 Å². The molecule has 4 rings (SSSR count). The topological polar surface area (TPSA) is 76.6 Å². The van der Waals surface area contributed by atoms with Gasteiger partial charge in [-0.05, 0) is 57.5 Å². The Balaban J connectivity index is 1.76. The summed E-state index contributed by atoms with van der Waals surface area (Å²) < 4.78 is 10.6. The molecule has 0 amide bonds. The fourth-order valence-corrected chi connectivity index (χ4v) is 4.98. The van der Waals surface area contributed by atoms with E-state index in [0.717, 1.165) is 46.1 Å². The molecular formula is C23H28N4O3S. The van der Waals surface area contributed by atoms with Gasteiger partial charge in [-0.3, -0.25) is 4.90 Å². The van der Waals surface area contributed by atoms with Gasteiger partial charge in [0, 0.05) is 11.8 Å². The fraction of sp³-hybridized carbons (Fsp3) is 0.435. The van der Waals surface area contributed by atoms with Gasteiger partial charge in [-0.25, -0.2) is 14.8 Å². The Kier molecular flexibility index (Phi) is 6.67. The summed E-state index contributed by atoms with van der Waals surface area (Å²) in [4.78, 5) is 26.0. The van der Waals surface area contributed by atoms with Gasteiger partial charge < -0.3 is 14.8 Å². The number of nitrogens with zero attached hydrogens (tertiary/aromatic N) is 3. The van der Waals surface area contributed by atoms with Crippen LogP contribution in [-0.4, -0.2) is 47.6 Å². The zero-order chi connectivity index (χ0) is 21.8. The van der Waals surface area contributed by atoms with Crippen LogP contribution in [0.3, 0.4) is 0 Å². The summed E-state index contributed by atoms with van der Waals surface area (Å²) in [5.41, 5.74) is 1.71. The highest BCUT2D eigenvalue weighted by Gasteiger charge is 2.22. The Morgan fingerprint density at radius 3 is 2.77 bits per heavy atom. The number of fused-ring (bicyclic) bond motifs is 1. The molecule has 164 valence electrons. The van der Waals surface area contributed by atoms with Crippen molar-refractivity contribution in [2.45, 2.75) is 39.7 Å². The molecule has 0 bridgehead atoms. The van der Waals surface area contributed by atoms with Gasteiger partial charge in [-0.2, -0.15) is 0 Å². The molecular weight excluding hydrogens is 412 g/mol. The second-order valence-corrected chi connectivity index (χ2v) is 8.64. The molecule has 0 atom stereocenters. The highest BCUT2D eigenvalue weighted by atomic mass is 32.1. The molecule has 1 aliphatic rings. The lowest BCUT2D eigenvalue weighted by Gasteiger charge is -2.25. The van der Waals surface area contributed by atoms with Gasteiger partial charge in [0.25, 0.3) is 0 Å². The number of hydrogen-bond donors (Lipinski definition) is 1. The molecule has 0 unspecified atom stereocenters. The molecule has 2 aromatic heterocycles. The monoisotopic (exact) mass is 440 g/mol. The van der Waals surface area contributed by atoms with Crippen molar-refractivity contribution in [2.75, 3.05) is 32.1 Å². The number of hydrogen-bond acceptors (Lipinski definition) is 8. The second kappa shape index (κ2) is 9.62. The molecule has 1 saturated heterocycles. The van der Waals surface area contributed by atoms with Gasteiger partial charge >= 0.3 is 5.97 Å². The van der Waals surface area contributed by atoms with Crippen LogP contribution in [0.1, 0.15) is 47.2 Å². The molecule has 1 fully saturated rings. The summed E-state index contributed by atoms with van der Waals surface area (Å²) in [5, 5.41) is 4.29. The molecule has 0 radical (unpaired) electrons. The number of benzene rings is 1. The number of nitrogens with one attached hydrogen (secondary N) is 1. The predicted octanol–water partition coefficient (Wildman–Crippen LogP) is 4.91. The van der Waals surface area contributed by atoms with E-state index in [-0.39, 0.29) is 5.97 Å². The summed E-state index contributed by atoms with van der Waals surface area (Å²) in [6.45, 7) is 6.92. The zero-order valence-electron chi connectivity index (χ0n) is 18.2. The summed E-state index contributed by atoms with van der Waals surface area (Å²) in [6.07, 6.45) is 3.70. The van der Waals surface area contributed by atoms with Crippen LogP contribution in [0.25, 0.3) is 10.2 Å². The van der Waals surface area contributed by atoms with Crippen LogP contribution < -0.4 is 10.1 Å². The van der Waals surface area contributed by atoms with Crippen LogP contribution in [0.2, 0.25) is 0 Å². The Morgan fingerprint density at radius 2 is 2.03 bits per heavy atom. The van der Waals surface area contributed by atoms with Crippen molar-refractivity contribution in [1.82, 2.24) is 14.9 Å². The molecule has 3 heterocycles. The third-order valence-corrected chi connectivity index (χ3v) is 6.61. The van der Waals surface area contributed by atoms with Gasteiger partial charge in [0.15, 0.2) is 0 Å². The number of likely N-dealkylation sites (tertiary alicyclic amines) is 1. The number of carbonyl (C=O) groups is 1. The maximum atomic E-state index is 12.5. The maximum Gasteiger partial charge on any atom is 0.348 e. The lowest BCUT2D eigenvalue weighted by molar-refractivity contribution is 0.0531. The lowest BCUT2D eigenvalue weighted by atomic mass is 10.1. The first-order chi connectivity index (χ1) is 15.1. The largest absolute Gasteiger partial charge is 0.497 e. The summed E-state index contributed by atoms with van der Waals surface area (Å²) in [5.74, 6) is 1.91. The number of anilines is 2. The van der Waals surface area contributed by atoms with Gasteiger partial charge in [-0.1, -0.05) is 12.5 Å². The van der Waals surface area contributed by atoms with Crippen LogP contribution in [0.4, 0.5) is 11.5 Å². The van der Waals surface area contributed by atoms with Crippen molar-refractivity contribution in [3.63, 3.8) is 0 Å². The van der Waals surface area contributed by atoms with Crippen LogP contribution in [-0.2, 0) is 11.3 Å². The van der Waals surface area contributed by atoms with Crippen molar-refractivity contribution in [1.29, 1.82) is 0 Å². The fourth-order valence-electron chi connectivity index (χ4n) is 3.89. The molecule has 8 heteroatoms. The van der Waals surface area contributed by atoms with Crippen LogP contribution >= 0.6 is 11.3 Å². The molecule has 1 aliphatic heterocycles. The molecule has 7 nitrogen and oxygen atoms in total. The van der Waals surface area contributed by atoms with Crippen molar-refractivity contribution in [3.05, 3.63) is 40.5 Å². The third-order valence-electron chi connectivity index (χ3n) is 5.44. The van der Waals surface area contributed by atoms with E-state index in [1.807, 2.05) is 38.1 Å². The molecule has 0 spiro atoms. The number of carbonyl (C=O) groups excluding carboxylic acids is 1. The highest BCUT2D eigenvalue weighted by Crippen LogP contribution is 2.36. The standard InChI is InChI=1S/C23H28N4O3S/c1-4-30-23(28)20-15(2)19-21(24-16-9-8-10-17(13-16)29-3)25-18(26-22(19)31-20)14-27-11-6-5-7-12-27/h8-10,13H,4-7,11-12,14H2,1-3H3,(H,24,25,26). The van der Waals surface area contributed by atoms with Gasteiger partial charge in [-0.15, -0.1) is 11.3 Å². The van der Waals surface area contributed by atoms with E-state index >= 15 is 0 Å². The Labute approximate surface area is 186 Å². The quantitative estimate of drug-likeness (QED) is 0.523. The number of aryl methyl sites for hydroxylation is 1. The minimum absolute atomic E-state index is 0.312. The Bertz CT molecular complexity index is 1080. The SMILES string of the molecule is CCOC(=O)c1sc2nc(CN3CCCCC3)nc(Nc3cccc(OC)c3)c2c1C. The third kappa shape index (κ3) is 4.80. The number of esters is 1. The first-order valence-corrected chi connectivity index (χ1v) is 11.5.